The molecule has 80 valence electrons. The highest BCUT2D eigenvalue weighted by Gasteiger charge is 2.16. The number of aryl methyl sites for hydroxylation is 2. The summed E-state index contributed by atoms with van der Waals surface area (Å²) in [6, 6.07) is 3.77. The van der Waals surface area contributed by atoms with Gasteiger partial charge in [-0.3, -0.25) is 0 Å². The molecular weight excluding hydrogens is 248 g/mol. The molecular formula is C10H11ClN2S2. The molecule has 2 rings (SSSR count). The van der Waals surface area contributed by atoms with Crippen LogP contribution in [0.4, 0.5) is 0 Å². The minimum absolute atomic E-state index is 0.0892. The van der Waals surface area contributed by atoms with Gasteiger partial charge in [0.25, 0.3) is 0 Å². The molecule has 0 saturated heterocycles. The van der Waals surface area contributed by atoms with E-state index in [0.717, 1.165) is 24.8 Å². The molecule has 0 saturated carbocycles. The van der Waals surface area contributed by atoms with Crippen molar-refractivity contribution in [2.75, 3.05) is 0 Å². The average Bonchev–Trinajstić information content (AvgIpc) is 2.71. The van der Waals surface area contributed by atoms with E-state index in [-0.39, 0.29) is 6.04 Å². The molecule has 0 aliphatic rings. The SMILES string of the molecule is Cc1nc(C)c(C(N)c2ccc(Cl)s2)s1. The van der Waals surface area contributed by atoms with E-state index in [1.54, 1.807) is 11.3 Å². The molecule has 2 aromatic rings. The number of aromatic nitrogens is 1. The number of rotatable bonds is 2. The van der Waals surface area contributed by atoms with E-state index < -0.39 is 0 Å². The Morgan fingerprint density at radius 1 is 1.33 bits per heavy atom. The van der Waals surface area contributed by atoms with Crippen molar-refractivity contribution in [2.45, 2.75) is 19.9 Å². The summed E-state index contributed by atoms with van der Waals surface area (Å²) in [4.78, 5) is 6.59. The quantitative estimate of drug-likeness (QED) is 0.895. The first-order valence-electron chi connectivity index (χ1n) is 4.52. The second-order valence-electron chi connectivity index (χ2n) is 3.30. The Morgan fingerprint density at radius 2 is 2.07 bits per heavy atom. The van der Waals surface area contributed by atoms with E-state index in [9.17, 15) is 0 Å². The molecule has 2 heterocycles. The highest BCUT2D eigenvalue weighted by Crippen LogP contribution is 2.33. The van der Waals surface area contributed by atoms with Crippen molar-refractivity contribution in [1.82, 2.24) is 4.98 Å². The Balaban J connectivity index is 2.35. The van der Waals surface area contributed by atoms with Crippen molar-refractivity contribution in [3.8, 4) is 0 Å². The fraction of sp³-hybridized carbons (Fsp3) is 0.300. The van der Waals surface area contributed by atoms with Crippen molar-refractivity contribution < 1.29 is 0 Å². The van der Waals surface area contributed by atoms with Gasteiger partial charge in [0.05, 0.1) is 21.1 Å². The predicted molar refractivity (Wildman–Crippen MR) is 66.9 cm³/mol. The third kappa shape index (κ3) is 2.23. The van der Waals surface area contributed by atoms with Crippen LogP contribution in [0, 0.1) is 13.8 Å². The second kappa shape index (κ2) is 4.22. The van der Waals surface area contributed by atoms with Gasteiger partial charge in [0.15, 0.2) is 0 Å². The first-order valence-corrected chi connectivity index (χ1v) is 6.54. The van der Waals surface area contributed by atoms with Crippen LogP contribution in [0.5, 0.6) is 0 Å². The topological polar surface area (TPSA) is 38.9 Å². The van der Waals surface area contributed by atoms with E-state index in [0.29, 0.717) is 0 Å². The highest BCUT2D eigenvalue weighted by molar-refractivity contribution is 7.16. The first kappa shape index (κ1) is 11.1. The molecule has 0 radical (unpaired) electrons. The molecule has 2 aromatic heterocycles. The summed E-state index contributed by atoms with van der Waals surface area (Å²) in [7, 11) is 0. The van der Waals surface area contributed by atoms with Gasteiger partial charge in [-0.2, -0.15) is 0 Å². The lowest BCUT2D eigenvalue weighted by Crippen LogP contribution is -2.09. The van der Waals surface area contributed by atoms with Crippen molar-refractivity contribution in [3.05, 3.63) is 36.9 Å². The first-order chi connectivity index (χ1) is 7.08. The third-order valence-corrected chi connectivity index (χ3v) is 4.59. The van der Waals surface area contributed by atoms with Crippen LogP contribution in [-0.2, 0) is 0 Å². The van der Waals surface area contributed by atoms with Crippen LogP contribution in [0.2, 0.25) is 4.34 Å². The Hall–Kier alpha value is -0.420. The number of hydrogen-bond donors (Lipinski definition) is 1. The fourth-order valence-corrected chi connectivity index (χ4v) is 3.56. The monoisotopic (exact) mass is 258 g/mol. The van der Waals surface area contributed by atoms with Gasteiger partial charge in [0.1, 0.15) is 0 Å². The van der Waals surface area contributed by atoms with Crippen LogP contribution in [-0.4, -0.2) is 4.98 Å². The summed E-state index contributed by atoms with van der Waals surface area (Å²) in [6.07, 6.45) is 0. The van der Waals surface area contributed by atoms with Crippen molar-refractivity contribution in [2.24, 2.45) is 5.73 Å². The summed E-state index contributed by atoms with van der Waals surface area (Å²) in [5, 5.41) is 1.06. The maximum Gasteiger partial charge on any atom is 0.0931 e. The van der Waals surface area contributed by atoms with Crippen LogP contribution in [0.1, 0.15) is 26.5 Å². The van der Waals surface area contributed by atoms with Crippen molar-refractivity contribution >= 4 is 34.3 Å². The van der Waals surface area contributed by atoms with Crippen LogP contribution >= 0.6 is 34.3 Å². The summed E-state index contributed by atoms with van der Waals surface area (Å²) < 4.78 is 0.777. The number of thiazole rings is 1. The average molecular weight is 259 g/mol. The van der Waals surface area contributed by atoms with Gasteiger partial charge < -0.3 is 5.73 Å². The molecule has 0 amide bonds. The van der Waals surface area contributed by atoms with Crippen LogP contribution < -0.4 is 5.73 Å². The maximum absolute atomic E-state index is 6.17. The summed E-state index contributed by atoms with van der Waals surface area (Å²) in [6.45, 7) is 3.99. The molecule has 0 aliphatic heterocycles. The van der Waals surface area contributed by atoms with Crippen LogP contribution in [0.3, 0.4) is 0 Å². The summed E-state index contributed by atoms with van der Waals surface area (Å²) >= 11 is 9.07. The highest BCUT2D eigenvalue weighted by atomic mass is 35.5. The number of hydrogen-bond acceptors (Lipinski definition) is 4. The van der Waals surface area contributed by atoms with Crippen molar-refractivity contribution in [1.29, 1.82) is 0 Å². The lowest BCUT2D eigenvalue weighted by Gasteiger charge is -2.06. The van der Waals surface area contributed by atoms with Gasteiger partial charge >= 0.3 is 0 Å². The fourth-order valence-electron chi connectivity index (χ4n) is 1.46. The van der Waals surface area contributed by atoms with E-state index in [1.165, 1.54) is 11.3 Å². The Kier molecular flexibility index (Phi) is 3.11. The Bertz CT molecular complexity index is 475. The van der Waals surface area contributed by atoms with Gasteiger partial charge in [-0.05, 0) is 26.0 Å². The zero-order valence-corrected chi connectivity index (χ0v) is 10.8. The molecule has 1 unspecified atom stereocenters. The van der Waals surface area contributed by atoms with Gasteiger partial charge in [0.2, 0.25) is 0 Å². The van der Waals surface area contributed by atoms with Gasteiger partial charge in [-0.15, -0.1) is 22.7 Å². The third-order valence-electron chi connectivity index (χ3n) is 2.12. The molecule has 15 heavy (non-hydrogen) atoms. The molecule has 1 atom stereocenters. The molecule has 2 nitrogen and oxygen atoms in total. The largest absolute Gasteiger partial charge is 0.319 e. The predicted octanol–water partition coefficient (Wildman–Crippen LogP) is 3.52. The number of halogens is 1. The van der Waals surface area contributed by atoms with Gasteiger partial charge in [0, 0.05) is 9.75 Å². The van der Waals surface area contributed by atoms with Gasteiger partial charge in [-0.1, -0.05) is 11.6 Å². The smallest absolute Gasteiger partial charge is 0.0931 e. The molecule has 0 spiro atoms. The molecule has 2 N–H and O–H groups in total. The molecule has 0 fully saturated rings. The molecule has 5 heteroatoms. The zero-order chi connectivity index (χ0) is 11.0. The molecule has 0 aliphatic carbocycles. The number of thiophene rings is 1. The van der Waals surface area contributed by atoms with E-state index in [1.807, 2.05) is 26.0 Å². The Morgan fingerprint density at radius 3 is 2.53 bits per heavy atom. The van der Waals surface area contributed by atoms with E-state index in [2.05, 4.69) is 4.98 Å². The lowest BCUT2D eigenvalue weighted by atomic mass is 10.2. The summed E-state index contributed by atoms with van der Waals surface area (Å²) in [5.41, 5.74) is 7.19. The van der Waals surface area contributed by atoms with Crippen molar-refractivity contribution in [3.63, 3.8) is 0 Å². The van der Waals surface area contributed by atoms with E-state index in [4.69, 9.17) is 17.3 Å². The second-order valence-corrected chi connectivity index (χ2v) is 6.28. The van der Waals surface area contributed by atoms with E-state index >= 15 is 0 Å². The van der Waals surface area contributed by atoms with Crippen LogP contribution in [0.15, 0.2) is 12.1 Å². The lowest BCUT2D eigenvalue weighted by molar-refractivity contribution is 0.898. The standard InChI is InChI=1S/C10H11ClN2S2/c1-5-10(14-6(2)13-5)9(12)7-3-4-8(11)15-7/h3-4,9H,12H2,1-2H3. The zero-order valence-electron chi connectivity index (χ0n) is 8.45. The normalized spacial score (nSPS) is 13.1. The molecule has 0 aromatic carbocycles. The van der Waals surface area contributed by atoms with Crippen LogP contribution in [0.25, 0.3) is 0 Å². The Labute approximate surface area is 102 Å². The number of nitrogens with two attached hydrogens (primary N) is 1. The minimum atomic E-state index is -0.0892. The maximum atomic E-state index is 6.17. The summed E-state index contributed by atoms with van der Waals surface area (Å²) in [5.74, 6) is 0. The van der Waals surface area contributed by atoms with Gasteiger partial charge in [-0.25, -0.2) is 4.98 Å². The minimum Gasteiger partial charge on any atom is -0.319 e. The number of nitrogens with zero attached hydrogens (tertiary/aromatic N) is 1. The molecule has 0 bridgehead atoms.